The average molecular weight is 197 g/mol. The molecule has 0 saturated heterocycles. The molecule has 0 bridgehead atoms. The van der Waals surface area contributed by atoms with Crippen molar-refractivity contribution in [2.24, 2.45) is 0 Å². The van der Waals surface area contributed by atoms with Crippen LogP contribution in [0.4, 0.5) is 5.82 Å². The summed E-state index contributed by atoms with van der Waals surface area (Å²) in [6, 6.07) is 15.0. The SMILES string of the molecule is CN(C)c1ccc(-c2c[c]ccc2)cn1. The van der Waals surface area contributed by atoms with E-state index in [0.717, 1.165) is 16.9 Å². The van der Waals surface area contributed by atoms with E-state index < -0.39 is 0 Å². The van der Waals surface area contributed by atoms with Crippen LogP contribution >= 0.6 is 0 Å². The predicted octanol–water partition coefficient (Wildman–Crippen LogP) is 2.61. The molecule has 0 aliphatic carbocycles. The number of hydrogen-bond donors (Lipinski definition) is 0. The zero-order chi connectivity index (χ0) is 10.7. The van der Waals surface area contributed by atoms with E-state index in [2.05, 4.69) is 23.2 Å². The lowest BCUT2D eigenvalue weighted by Crippen LogP contribution is -2.09. The van der Waals surface area contributed by atoms with Crippen LogP contribution in [0.15, 0.2) is 42.6 Å². The van der Waals surface area contributed by atoms with Gasteiger partial charge in [-0.15, -0.1) is 0 Å². The van der Waals surface area contributed by atoms with Crippen molar-refractivity contribution < 1.29 is 0 Å². The maximum absolute atomic E-state index is 4.37. The fourth-order valence-electron chi connectivity index (χ4n) is 1.39. The van der Waals surface area contributed by atoms with Gasteiger partial charge in [0, 0.05) is 25.9 Å². The molecule has 15 heavy (non-hydrogen) atoms. The van der Waals surface area contributed by atoms with Gasteiger partial charge in [0.2, 0.25) is 0 Å². The van der Waals surface area contributed by atoms with E-state index in [0.29, 0.717) is 0 Å². The highest BCUT2D eigenvalue weighted by molar-refractivity contribution is 5.63. The molecule has 1 aromatic heterocycles. The molecule has 2 aromatic rings. The van der Waals surface area contributed by atoms with E-state index in [4.69, 9.17) is 0 Å². The summed E-state index contributed by atoms with van der Waals surface area (Å²) in [6.07, 6.45) is 1.89. The van der Waals surface area contributed by atoms with Gasteiger partial charge < -0.3 is 4.90 Å². The van der Waals surface area contributed by atoms with Crippen molar-refractivity contribution in [3.8, 4) is 11.1 Å². The second-order valence-corrected chi connectivity index (χ2v) is 3.59. The van der Waals surface area contributed by atoms with Gasteiger partial charge in [-0.25, -0.2) is 4.98 Å². The van der Waals surface area contributed by atoms with Gasteiger partial charge in [-0.1, -0.05) is 18.2 Å². The maximum atomic E-state index is 4.37. The van der Waals surface area contributed by atoms with Gasteiger partial charge in [0.25, 0.3) is 0 Å². The summed E-state index contributed by atoms with van der Waals surface area (Å²) in [5.41, 5.74) is 2.27. The van der Waals surface area contributed by atoms with E-state index in [1.54, 1.807) is 0 Å². The van der Waals surface area contributed by atoms with Gasteiger partial charge in [-0.05, 0) is 29.8 Å². The second-order valence-electron chi connectivity index (χ2n) is 3.59. The van der Waals surface area contributed by atoms with E-state index in [9.17, 15) is 0 Å². The third kappa shape index (κ3) is 2.15. The van der Waals surface area contributed by atoms with Crippen molar-refractivity contribution in [2.75, 3.05) is 19.0 Å². The maximum Gasteiger partial charge on any atom is 0.127 e. The Kier molecular flexibility index (Phi) is 2.68. The molecule has 1 aromatic carbocycles. The van der Waals surface area contributed by atoms with Crippen LogP contribution in [0.2, 0.25) is 0 Å². The summed E-state index contributed by atoms with van der Waals surface area (Å²) in [4.78, 5) is 6.35. The van der Waals surface area contributed by atoms with E-state index >= 15 is 0 Å². The van der Waals surface area contributed by atoms with Gasteiger partial charge in [0.1, 0.15) is 5.82 Å². The fourth-order valence-corrected chi connectivity index (χ4v) is 1.39. The van der Waals surface area contributed by atoms with Crippen LogP contribution in [-0.4, -0.2) is 19.1 Å². The normalized spacial score (nSPS) is 10.0. The highest BCUT2D eigenvalue weighted by Crippen LogP contribution is 2.19. The second kappa shape index (κ2) is 4.13. The van der Waals surface area contributed by atoms with E-state index in [1.165, 1.54) is 0 Å². The molecular formula is C13H13N2. The lowest BCUT2D eigenvalue weighted by Gasteiger charge is -2.11. The van der Waals surface area contributed by atoms with Gasteiger partial charge in [0.05, 0.1) is 0 Å². The molecule has 0 fully saturated rings. The number of anilines is 1. The van der Waals surface area contributed by atoms with Gasteiger partial charge in [0.15, 0.2) is 0 Å². The Hall–Kier alpha value is -1.83. The largest absolute Gasteiger partial charge is 0.363 e. The number of nitrogens with zero attached hydrogens (tertiary/aromatic N) is 2. The van der Waals surface area contributed by atoms with Crippen LogP contribution in [0.5, 0.6) is 0 Å². The van der Waals surface area contributed by atoms with Crippen molar-refractivity contribution in [1.82, 2.24) is 4.98 Å². The van der Waals surface area contributed by atoms with Gasteiger partial charge in [-0.2, -0.15) is 0 Å². The Morgan fingerprint density at radius 1 is 1.13 bits per heavy atom. The molecule has 0 aliphatic rings. The minimum Gasteiger partial charge on any atom is -0.363 e. The molecule has 2 nitrogen and oxygen atoms in total. The highest BCUT2D eigenvalue weighted by atomic mass is 15.1. The highest BCUT2D eigenvalue weighted by Gasteiger charge is 1.99. The molecule has 75 valence electrons. The molecule has 0 saturated carbocycles. The van der Waals surface area contributed by atoms with E-state index in [-0.39, 0.29) is 0 Å². The molecule has 0 amide bonds. The third-order valence-electron chi connectivity index (χ3n) is 2.25. The number of hydrogen-bond acceptors (Lipinski definition) is 2. The zero-order valence-corrected chi connectivity index (χ0v) is 8.94. The first-order valence-electron chi connectivity index (χ1n) is 4.87. The molecule has 0 spiro atoms. The molecule has 0 N–H and O–H groups in total. The number of rotatable bonds is 2. The van der Waals surface area contributed by atoms with Crippen molar-refractivity contribution in [2.45, 2.75) is 0 Å². The summed E-state index contributed by atoms with van der Waals surface area (Å²) in [7, 11) is 3.97. The third-order valence-corrected chi connectivity index (χ3v) is 2.25. The number of benzene rings is 1. The van der Waals surface area contributed by atoms with Crippen LogP contribution < -0.4 is 4.90 Å². The van der Waals surface area contributed by atoms with E-state index in [1.807, 2.05) is 49.5 Å². The van der Waals surface area contributed by atoms with Gasteiger partial charge >= 0.3 is 0 Å². The summed E-state index contributed by atoms with van der Waals surface area (Å²) in [5.74, 6) is 0.971. The lowest BCUT2D eigenvalue weighted by atomic mass is 10.1. The minimum absolute atomic E-state index is 0.971. The smallest absolute Gasteiger partial charge is 0.127 e. The molecule has 0 atom stereocenters. The number of aromatic nitrogens is 1. The van der Waals surface area contributed by atoms with Crippen LogP contribution in [0.25, 0.3) is 11.1 Å². The van der Waals surface area contributed by atoms with Crippen molar-refractivity contribution >= 4 is 5.82 Å². The fraction of sp³-hybridized carbons (Fsp3) is 0.154. The van der Waals surface area contributed by atoms with Crippen molar-refractivity contribution in [3.63, 3.8) is 0 Å². The van der Waals surface area contributed by atoms with Crippen LogP contribution in [0, 0.1) is 6.07 Å². The predicted molar refractivity (Wildman–Crippen MR) is 62.8 cm³/mol. The molecule has 0 aliphatic heterocycles. The zero-order valence-electron chi connectivity index (χ0n) is 8.94. The molecule has 2 heteroatoms. The summed E-state index contributed by atoms with van der Waals surface area (Å²) in [6.45, 7) is 0. The molecule has 1 heterocycles. The molecule has 2 rings (SSSR count). The molecule has 1 radical (unpaired) electrons. The lowest BCUT2D eigenvalue weighted by molar-refractivity contribution is 1.07. The van der Waals surface area contributed by atoms with Crippen molar-refractivity contribution in [3.05, 3.63) is 48.7 Å². The summed E-state index contributed by atoms with van der Waals surface area (Å²) in [5, 5.41) is 0. The van der Waals surface area contributed by atoms with Crippen molar-refractivity contribution in [1.29, 1.82) is 0 Å². The van der Waals surface area contributed by atoms with Crippen LogP contribution in [-0.2, 0) is 0 Å². The number of pyridine rings is 1. The van der Waals surface area contributed by atoms with Crippen LogP contribution in [0.1, 0.15) is 0 Å². The Balaban J connectivity index is 2.32. The summed E-state index contributed by atoms with van der Waals surface area (Å²) >= 11 is 0. The first-order chi connectivity index (χ1) is 7.27. The Morgan fingerprint density at radius 3 is 2.53 bits per heavy atom. The topological polar surface area (TPSA) is 16.1 Å². The standard InChI is InChI=1S/C13H13N2/c1-15(2)13-9-8-12(10-14-13)11-6-4-3-5-7-11/h3-4,6-10H,1-2H3. The average Bonchev–Trinajstić information content (AvgIpc) is 2.30. The first-order valence-corrected chi connectivity index (χ1v) is 4.87. The summed E-state index contributed by atoms with van der Waals surface area (Å²) < 4.78 is 0. The molecular weight excluding hydrogens is 184 g/mol. The minimum atomic E-state index is 0.971. The van der Waals surface area contributed by atoms with Gasteiger partial charge in [-0.3, -0.25) is 0 Å². The Bertz CT molecular complexity index is 418. The monoisotopic (exact) mass is 197 g/mol. The van der Waals surface area contributed by atoms with Crippen LogP contribution in [0.3, 0.4) is 0 Å². The Morgan fingerprint density at radius 2 is 2.00 bits per heavy atom. The quantitative estimate of drug-likeness (QED) is 0.735. The Labute approximate surface area is 90.2 Å². The molecule has 0 unspecified atom stereocenters. The first kappa shape index (κ1) is 9.71.